The second-order valence-corrected chi connectivity index (χ2v) is 4.92. The first-order chi connectivity index (χ1) is 8.18. The third kappa shape index (κ3) is 2.97. The van der Waals surface area contributed by atoms with Crippen molar-refractivity contribution >= 4 is 11.8 Å². The van der Waals surface area contributed by atoms with Crippen molar-refractivity contribution in [3.05, 3.63) is 0 Å². The maximum Gasteiger partial charge on any atom is 0.227 e. The zero-order valence-electron chi connectivity index (χ0n) is 10.4. The number of piperidine rings is 1. The summed E-state index contributed by atoms with van der Waals surface area (Å²) in [6.45, 7) is 4.87. The fraction of sp³-hybridized carbons (Fsp3) is 0.833. The van der Waals surface area contributed by atoms with E-state index >= 15 is 0 Å². The fourth-order valence-electron chi connectivity index (χ4n) is 2.60. The number of rotatable bonds is 1. The summed E-state index contributed by atoms with van der Waals surface area (Å²) in [6, 6.07) is 0.253. The van der Waals surface area contributed by atoms with Crippen LogP contribution < -0.4 is 10.6 Å². The third-order valence-electron chi connectivity index (χ3n) is 3.70. The highest BCUT2D eigenvalue weighted by atomic mass is 16.2. The summed E-state index contributed by atoms with van der Waals surface area (Å²) >= 11 is 0. The van der Waals surface area contributed by atoms with Crippen LogP contribution in [0, 0.1) is 5.92 Å². The average molecular weight is 239 g/mol. The molecule has 17 heavy (non-hydrogen) atoms. The Morgan fingerprint density at radius 3 is 2.94 bits per heavy atom. The second kappa shape index (κ2) is 5.49. The summed E-state index contributed by atoms with van der Waals surface area (Å²) in [5, 5.41) is 6.14. The van der Waals surface area contributed by atoms with E-state index in [1.54, 1.807) is 0 Å². The van der Waals surface area contributed by atoms with Gasteiger partial charge >= 0.3 is 0 Å². The molecule has 0 aromatic rings. The summed E-state index contributed by atoms with van der Waals surface area (Å²) < 4.78 is 0. The van der Waals surface area contributed by atoms with Gasteiger partial charge in [-0.15, -0.1) is 0 Å². The van der Waals surface area contributed by atoms with Gasteiger partial charge in [0.2, 0.25) is 11.8 Å². The van der Waals surface area contributed by atoms with E-state index in [1.807, 2.05) is 4.90 Å². The van der Waals surface area contributed by atoms with E-state index in [4.69, 9.17) is 0 Å². The number of carbonyl (C=O) groups is 2. The lowest BCUT2D eigenvalue weighted by molar-refractivity contribution is -0.137. The van der Waals surface area contributed by atoms with Crippen LogP contribution in [0.2, 0.25) is 0 Å². The minimum absolute atomic E-state index is 0.0510. The van der Waals surface area contributed by atoms with E-state index in [0.29, 0.717) is 26.1 Å². The van der Waals surface area contributed by atoms with Crippen LogP contribution in [0.3, 0.4) is 0 Å². The highest BCUT2D eigenvalue weighted by molar-refractivity contribution is 5.82. The normalized spacial score (nSPS) is 30.6. The monoisotopic (exact) mass is 239 g/mol. The van der Waals surface area contributed by atoms with Crippen LogP contribution in [0.15, 0.2) is 0 Å². The summed E-state index contributed by atoms with van der Waals surface area (Å²) in [4.78, 5) is 25.4. The molecule has 2 N–H and O–H groups in total. The first-order valence-corrected chi connectivity index (χ1v) is 6.47. The number of amides is 2. The van der Waals surface area contributed by atoms with Crippen molar-refractivity contribution in [2.24, 2.45) is 5.92 Å². The van der Waals surface area contributed by atoms with Crippen LogP contribution in [0.4, 0.5) is 0 Å². The van der Waals surface area contributed by atoms with Gasteiger partial charge in [0.25, 0.3) is 0 Å². The number of carbonyl (C=O) groups excluding carboxylic acids is 2. The molecule has 2 saturated heterocycles. The van der Waals surface area contributed by atoms with Gasteiger partial charge in [-0.25, -0.2) is 0 Å². The average Bonchev–Trinajstić information content (AvgIpc) is 2.54. The van der Waals surface area contributed by atoms with Crippen molar-refractivity contribution in [2.45, 2.75) is 32.2 Å². The van der Waals surface area contributed by atoms with Gasteiger partial charge in [-0.1, -0.05) is 0 Å². The largest absolute Gasteiger partial charge is 0.354 e. The van der Waals surface area contributed by atoms with Crippen molar-refractivity contribution in [1.29, 1.82) is 0 Å². The molecule has 0 bridgehead atoms. The van der Waals surface area contributed by atoms with E-state index in [0.717, 1.165) is 19.4 Å². The number of nitrogens with zero attached hydrogens (tertiary/aromatic N) is 1. The van der Waals surface area contributed by atoms with Crippen molar-refractivity contribution < 1.29 is 9.59 Å². The standard InChI is InChI=1S/C12H21N3O2/c1-9-10(3-2-5-13-9)12(17)15-7-4-11(16)14-6-8-15/h9-10,13H,2-8H2,1H3,(H,14,16). The van der Waals surface area contributed by atoms with Crippen LogP contribution in [0.5, 0.6) is 0 Å². The molecule has 0 aromatic carbocycles. The van der Waals surface area contributed by atoms with E-state index in [2.05, 4.69) is 17.6 Å². The number of hydrogen-bond donors (Lipinski definition) is 2. The molecule has 2 heterocycles. The number of hydrogen-bond acceptors (Lipinski definition) is 3. The maximum atomic E-state index is 12.4. The predicted molar refractivity (Wildman–Crippen MR) is 64.4 cm³/mol. The quantitative estimate of drug-likeness (QED) is 0.662. The van der Waals surface area contributed by atoms with Gasteiger partial charge in [0.05, 0.1) is 5.92 Å². The predicted octanol–water partition coefficient (Wildman–Crippen LogP) is -0.277. The molecule has 2 atom stereocenters. The molecular weight excluding hydrogens is 218 g/mol. The van der Waals surface area contributed by atoms with Crippen LogP contribution in [0.25, 0.3) is 0 Å². The molecular formula is C12H21N3O2. The van der Waals surface area contributed by atoms with Crippen molar-refractivity contribution in [2.75, 3.05) is 26.2 Å². The molecule has 0 radical (unpaired) electrons. The van der Waals surface area contributed by atoms with E-state index in [1.165, 1.54) is 0 Å². The zero-order chi connectivity index (χ0) is 12.3. The smallest absolute Gasteiger partial charge is 0.227 e. The Balaban J connectivity index is 1.95. The van der Waals surface area contributed by atoms with Crippen LogP contribution >= 0.6 is 0 Å². The fourth-order valence-corrected chi connectivity index (χ4v) is 2.60. The molecule has 0 saturated carbocycles. The molecule has 0 aromatic heterocycles. The molecule has 5 nitrogen and oxygen atoms in total. The SMILES string of the molecule is CC1NCCCC1C(=O)N1CCNC(=O)CC1. The Kier molecular flexibility index (Phi) is 3.99. The molecule has 2 fully saturated rings. The molecule has 2 amide bonds. The van der Waals surface area contributed by atoms with E-state index in [-0.39, 0.29) is 23.8 Å². The van der Waals surface area contributed by atoms with Gasteiger partial charge in [0, 0.05) is 32.1 Å². The Morgan fingerprint density at radius 2 is 2.18 bits per heavy atom. The summed E-state index contributed by atoms with van der Waals surface area (Å²) in [6.07, 6.45) is 2.46. The maximum absolute atomic E-state index is 12.4. The molecule has 0 spiro atoms. The summed E-state index contributed by atoms with van der Waals surface area (Å²) in [5.41, 5.74) is 0. The van der Waals surface area contributed by atoms with Crippen LogP contribution in [0.1, 0.15) is 26.2 Å². The van der Waals surface area contributed by atoms with Crippen molar-refractivity contribution in [3.63, 3.8) is 0 Å². The first kappa shape index (κ1) is 12.4. The number of nitrogens with one attached hydrogen (secondary N) is 2. The van der Waals surface area contributed by atoms with Gasteiger partial charge in [-0.05, 0) is 26.3 Å². The Hall–Kier alpha value is -1.10. The molecule has 5 heteroatoms. The zero-order valence-corrected chi connectivity index (χ0v) is 10.4. The van der Waals surface area contributed by atoms with Gasteiger partial charge in [-0.3, -0.25) is 9.59 Å². The second-order valence-electron chi connectivity index (χ2n) is 4.92. The van der Waals surface area contributed by atoms with Crippen LogP contribution in [-0.2, 0) is 9.59 Å². The van der Waals surface area contributed by atoms with Crippen molar-refractivity contribution in [1.82, 2.24) is 15.5 Å². The van der Waals surface area contributed by atoms with E-state index < -0.39 is 0 Å². The highest BCUT2D eigenvalue weighted by Gasteiger charge is 2.31. The lowest BCUT2D eigenvalue weighted by Gasteiger charge is -2.33. The molecule has 96 valence electrons. The van der Waals surface area contributed by atoms with Gasteiger partial charge in [-0.2, -0.15) is 0 Å². The Morgan fingerprint density at radius 1 is 1.35 bits per heavy atom. The minimum atomic E-state index is 0.0510. The lowest BCUT2D eigenvalue weighted by atomic mass is 9.90. The lowest BCUT2D eigenvalue weighted by Crippen LogP contribution is -2.48. The minimum Gasteiger partial charge on any atom is -0.354 e. The van der Waals surface area contributed by atoms with Gasteiger partial charge < -0.3 is 15.5 Å². The Bertz CT molecular complexity index is 306. The topological polar surface area (TPSA) is 61.4 Å². The molecule has 2 aliphatic heterocycles. The summed E-state index contributed by atoms with van der Waals surface area (Å²) in [5.74, 6) is 0.341. The molecule has 2 unspecified atom stereocenters. The molecule has 0 aliphatic carbocycles. The Labute approximate surface area is 102 Å². The highest BCUT2D eigenvalue weighted by Crippen LogP contribution is 2.19. The van der Waals surface area contributed by atoms with Crippen LogP contribution in [-0.4, -0.2) is 48.9 Å². The van der Waals surface area contributed by atoms with Gasteiger partial charge in [0.15, 0.2) is 0 Å². The first-order valence-electron chi connectivity index (χ1n) is 6.47. The molecule has 2 aliphatic rings. The summed E-state index contributed by atoms with van der Waals surface area (Å²) in [7, 11) is 0. The van der Waals surface area contributed by atoms with E-state index in [9.17, 15) is 9.59 Å². The van der Waals surface area contributed by atoms with Gasteiger partial charge in [0.1, 0.15) is 0 Å². The third-order valence-corrected chi connectivity index (χ3v) is 3.70. The molecule has 2 rings (SSSR count). The van der Waals surface area contributed by atoms with Crippen molar-refractivity contribution in [3.8, 4) is 0 Å².